The monoisotopic (exact) mass is 394 g/mol. The minimum Gasteiger partial charge on any atom is -0.387 e. The molecular formula is C19H17ClF2N2O3. The first-order chi connectivity index (χ1) is 12.8. The first-order valence-corrected chi connectivity index (χ1v) is 8.69. The van der Waals surface area contributed by atoms with Crippen molar-refractivity contribution < 1.29 is 23.5 Å². The highest BCUT2D eigenvalue weighted by Gasteiger charge is 2.35. The van der Waals surface area contributed by atoms with Gasteiger partial charge in [-0.05, 0) is 35.9 Å². The largest absolute Gasteiger partial charge is 0.387 e. The van der Waals surface area contributed by atoms with E-state index in [2.05, 4.69) is 5.32 Å². The Kier molecular flexibility index (Phi) is 5.72. The quantitative estimate of drug-likeness (QED) is 0.819. The second kappa shape index (κ2) is 8.02. The summed E-state index contributed by atoms with van der Waals surface area (Å²) < 4.78 is 26.2. The second-order valence-electron chi connectivity index (χ2n) is 6.32. The van der Waals surface area contributed by atoms with Crippen LogP contribution >= 0.6 is 11.6 Å². The lowest BCUT2D eigenvalue weighted by atomic mass is 10.1. The van der Waals surface area contributed by atoms with Crippen LogP contribution in [0.2, 0.25) is 5.02 Å². The van der Waals surface area contributed by atoms with Crippen LogP contribution in [0.15, 0.2) is 42.5 Å². The molecule has 1 fully saturated rings. The lowest BCUT2D eigenvalue weighted by molar-refractivity contribution is -0.126. The molecule has 1 aliphatic rings. The van der Waals surface area contributed by atoms with Crippen LogP contribution in [0.3, 0.4) is 0 Å². The Balaban J connectivity index is 1.58. The van der Waals surface area contributed by atoms with E-state index in [-0.39, 0.29) is 31.0 Å². The molecule has 0 unspecified atom stereocenters. The van der Waals surface area contributed by atoms with Crippen LogP contribution < -0.4 is 10.2 Å². The Morgan fingerprint density at radius 1 is 1.26 bits per heavy atom. The van der Waals surface area contributed by atoms with E-state index in [4.69, 9.17) is 11.6 Å². The number of rotatable bonds is 5. The normalized spacial score (nSPS) is 17.9. The van der Waals surface area contributed by atoms with Crippen molar-refractivity contribution in [3.8, 4) is 0 Å². The standard InChI is InChI=1S/C19H17ClF2N2O3/c20-13-2-1-3-14(8-13)24-10-12(7-18(24)26)19(27)23-9-17(25)11-4-5-15(21)16(22)6-11/h1-6,8,12,17,25H,7,9-10H2,(H,23,27)/t12-,17+/m0/s1. The molecule has 27 heavy (non-hydrogen) atoms. The molecule has 2 amide bonds. The van der Waals surface area contributed by atoms with E-state index in [9.17, 15) is 23.5 Å². The van der Waals surface area contributed by atoms with E-state index in [1.54, 1.807) is 24.3 Å². The van der Waals surface area contributed by atoms with Crippen LogP contribution in [0.1, 0.15) is 18.1 Å². The maximum Gasteiger partial charge on any atom is 0.227 e. The number of aliphatic hydroxyl groups excluding tert-OH is 1. The van der Waals surface area contributed by atoms with Gasteiger partial charge in [-0.1, -0.05) is 23.7 Å². The van der Waals surface area contributed by atoms with Crippen molar-refractivity contribution in [1.82, 2.24) is 5.32 Å². The Hall–Kier alpha value is -2.51. The smallest absolute Gasteiger partial charge is 0.227 e. The second-order valence-corrected chi connectivity index (χ2v) is 6.76. The maximum absolute atomic E-state index is 13.2. The van der Waals surface area contributed by atoms with Gasteiger partial charge in [0.2, 0.25) is 11.8 Å². The zero-order valence-corrected chi connectivity index (χ0v) is 14.9. The summed E-state index contributed by atoms with van der Waals surface area (Å²) in [6.07, 6.45) is -1.15. The van der Waals surface area contributed by atoms with Crippen molar-refractivity contribution in [1.29, 1.82) is 0 Å². The summed E-state index contributed by atoms with van der Waals surface area (Å²) in [6.45, 7) is 0.0258. The summed E-state index contributed by atoms with van der Waals surface area (Å²) >= 11 is 5.94. The highest BCUT2D eigenvalue weighted by Crippen LogP contribution is 2.27. The molecule has 2 aromatic carbocycles. The molecule has 1 saturated heterocycles. The summed E-state index contributed by atoms with van der Waals surface area (Å²) in [7, 11) is 0. The number of benzene rings is 2. The molecule has 1 aliphatic heterocycles. The Morgan fingerprint density at radius 3 is 2.74 bits per heavy atom. The molecule has 1 heterocycles. The third kappa shape index (κ3) is 4.43. The number of carbonyl (C=O) groups excluding carboxylic acids is 2. The third-order valence-electron chi connectivity index (χ3n) is 4.41. The van der Waals surface area contributed by atoms with Gasteiger partial charge in [-0.2, -0.15) is 0 Å². The molecule has 0 spiro atoms. The van der Waals surface area contributed by atoms with Gasteiger partial charge in [-0.3, -0.25) is 9.59 Å². The van der Waals surface area contributed by atoms with E-state index in [0.717, 1.165) is 12.1 Å². The molecule has 2 N–H and O–H groups in total. The van der Waals surface area contributed by atoms with Gasteiger partial charge in [0.05, 0.1) is 12.0 Å². The Bertz CT molecular complexity index is 878. The zero-order chi connectivity index (χ0) is 19.6. The fraction of sp³-hybridized carbons (Fsp3) is 0.263. The summed E-state index contributed by atoms with van der Waals surface area (Å²) in [5.74, 6) is -3.25. The number of anilines is 1. The van der Waals surface area contributed by atoms with Crippen molar-refractivity contribution in [3.63, 3.8) is 0 Å². The molecule has 0 aliphatic carbocycles. The highest BCUT2D eigenvalue weighted by molar-refractivity contribution is 6.31. The highest BCUT2D eigenvalue weighted by atomic mass is 35.5. The van der Waals surface area contributed by atoms with Gasteiger partial charge < -0.3 is 15.3 Å². The SMILES string of the molecule is O=C(NC[C@@H](O)c1ccc(F)c(F)c1)[C@H]1CC(=O)N(c2cccc(Cl)c2)C1. The number of amides is 2. The number of hydrogen-bond donors (Lipinski definition) is 2. The van der Waals surface area contributed by atoms with Gasteiger partial charge in [0, 0.05) is 30.2 Å². The van der Waals surface area contributed by atoms with Crippen LogP contribution in [0, 0.1) is 17.6 Å². The molecule has 5 nitrogen and oxygen atoms in total. The zero-order valence-electron chi connectivity index (χ0n) is 14.2. The molecule has 2 aromatic rings. The van der Waals surface area contributed by atoms with E-state index in [1.165, 1.54) is 11.0 Å². The number of carbonyl (C=O) groups is 2. The molecule has 0 aromatic heterocycles. The number of halogens is 3. The fourth-order valence-corrected chi connectivity index (χ4v) is 3.14. The van der Waals surface area contributed by atoms with Crippen LogP contribution in [0.25, 0.3) is 0 Å². The average Bonchev–Trinajstić information content (AvgIpc) is 3.03. The van der Waals surface area contributed by atoms with E-state index in [1.807, 2.05) is 0 Å². The van der Waals surface area contributed by atoms with Crippen molar-refractivity contribution in [2.45, 2.75) is 12.5 Å². The first-order valence-electron chi connectivity index (χ1n) is 8.32. The van der Waals surface area contributed by atoms with Crippen LogP contribution in [0.4, 0.5) is 14.5 Å². The van der Waals surface area contributed by atoms with Gasteiger partial charge in [0.15, 0.2) is 11.6 Å². The number of nitrogens with one attached hydrogen (secondary N) is 1. The van der Waals surface area contributed by atoms with Crippen molar-refractivity contribution in [2.24, 2.45) is 5.92 Å². The van der Waals surface area contributed by atoms with Crippen molar-refractivity contribution in [2.75, 3.05) is 18.0 Å². The molecule has 2 atom stereocenters. The average molecular weight is 395 g/mol. The van der Waals surface area contributed by atoms with Gasteiger partial charge in [0.25, 0.3) is 0 Å². The summed E-state index contributed by atoms with van der Waals surface area (Å²) in [5.41, 5.74) is 0.766. The van der Waals surface area contributed by atoms with Gasteiger partial charge in [-0.25, -0.2) is 8.78 Å². The summed E-state index contributed by atoms with van der Waals surface area (Å²) in [5, 5.41) is 13.1. The van der Waals surface area contributed by atoms with Gasteiger partial charge >= 0.3 is 0 Å². The summed E-state index contributed by atoms with van der Waals surface area (Å²) in [6, 6.07) is 9.82. The molecule has 0 saturated carbocycles. The minimum atomic E-state index is -1.19. The molecule has 0 bridgehead atoms. The number of aliphatic hydroxyl groups is 1. The lowest BCUT2D eigenvalue weighted by Crippen LogP contribution is -2.35. The predicted molar refractivity (Wildman–Crippen MR) is 96.2 cm³/mol. The van der Waals surface area contributed by atoms with E-state index >= 15 is 0 Å². The summed E-state index contributed by atoms with van der Waals surface area (Å²) in [4.78, 5) is 26.0. The lowest BCUT2D eigenvalue weighted by Gasteiger charge is -2.17. The number of nitrogens with zero attached hydrogens (tertiary/aromatic N) is 1. The topological polar surface area (TPSA) is 69.6 Å². The van der Waals surface area contributed by atoms with Gasteiger partial charge in [0.1, 0.15) is 0 Å². The molecule has 3 rings (SSSR count). The Morgan fingerprint density at radius 2 is 2.04 bits per heavy atom. The fourth-order valence-electron chi connectivity index (χ4n) is 2.96. The van der Waals surface area contributed by atoms with Crippen LogP contribution in [-0.4, -0.2) is 30.0 Å². The molecule has 142 valence electrons. The number of hydrogen-bond acceptors (Lipinski definition) is 3. The third-order valence-corrected chi connectivity index (χ3v) is 4.65. The molecule has 0 radical (unpaired) electrons. The minimum absolute atomic E-state index is 0.0413. The van der Waals surface area contributed by atoms with Crippen LogP contribution in [0.5, 0.6) is 0 Å². The first kappa shape index (κ1) is 19.3. The molecule has 8 heteroatoms. The van der Waals surface area contributed by atoms with E-state index < -0.39 is 29.6 Å². The molecular weight excluding hydrogens is 378 g/mol. The van der Waals surface area contributed by atoms with Crippen LogP contribution in [-0.2, 0) is 9.59 Å². The van der Waals surface area contributed by atoms with Gasteiger partial charge in [-0.15, -0.1) is 0 Å². The predicted octanol–water partition coefficient (Wildman–Crippen LogP) is 2.82. The maximum atomic E-state index is 13.2. The van der Waals surface area contributed by atoms with Crippen molar-refractivity contribution >= 4 is 29.1 Å². The van der Waals surface area contributed by atoms with E-state index in [0.29, 0.717) is 10.7 Å². The van der Waals surface area contributed by atoms with Crippen molar-refractivity contribution in [3.05, 3.63) is 64.7 Å². The Labute approximate surface area is 159 Å².